The second-order valence-electron chi connectivity index (χ2n) is 11.4. The molecule has 37 heavy (non-hydrogen) atoms. The summed E-state index contributed by atoms with van der Waals surface area (Å²) in [6, 6.07) is 17.1. The van der Waals surface area contributed by atoms with Crippen molar-refractivity contribution in [2.45, 2.75) is 51.6 Å². The van der Waals surface area contributed by atoms with Crippen LogP contribution in [0.1, 0.15) is 70.5 Å². The lowest BCUT2D eigenvalue weighted by atomic mass is 9.85. The lowest BCUT2D eigenvalue weighted by Gasteiger charge is -2.29. The summed E-state index contributed by atoms with van der Waals surface area (Å²) >= 11 is 0. The number of carboxylic acid groups (broad SMARTS) is 1. The van der Waals surface area contributed by atoms with Gasteiger partial charge in [-0.2, -0.15) is 5.10 Å². The van der Waals surface area contributed by atoms with Gasteiger partial charge in [0.2, 0.25) is 0 Å². The number of carbonyl (C=O) groups is 1. The van der Waals surface area contributed by atoms with Crippen molar-refractivity contribution >= 4 is 5.97 Å². The van der Waals surface area contributed by atoms with Crippen LogP contribution in [0.2, 0.25) is 0 Å². The normalized spacial score (nSPS) is 20.8. The molecule has 8 heteroatoms. The van der Waals surface area contributed by atoms with Crippen molar-refractivity contribution in [2.24, 2.45) is 12.5 Å². The highest BCUT2D eigenvalue weighted by Gasteiger charge is 2.46. The monoisotopic (exact) mass is 496 g/mol. The average Bonchev–Trinajstić information content (AvgIpc) is 3.33. The van der Waals surface area contributed by atoms with Crippen molar-refractivity contribution < 1.29 is 9.90 Å². The largest absolute Gasteiger partial charge is 0.478 e. The maximum absolute atomic E-state index is 12.1. The number of nitrogens with zero attached hydrogens (tertiary/aromatic N) is 6. The van der Waals surface area contributed by atoms with Gasteiger partial charge >= 0.3 is 5.97 Å². The van der Waals surface area contributed by atoms with Gasteiger partial charge in [-0.1, -0.05) is 55.5 Å². The summed E-state index contributed by atoms with van der Waals surface area (Å²) < 4.78 is 3.50. The third-order valence-corrected chi connectivity index (χ3v) is 7.57. The summed E-state index contributed by atoms with van der Waals surface area (Å²) in [4.78, 5) is 14.6. The number of hydrogen-bond acceptors (Lipinski definition) is 5. The molecule has 0 amide bonds. The third-order valence-electron chi connectivity index (χ3n) is 7.57. The van der Waals surface area contributed by atoms with E-state index < -0.39 is 5.97 Å². The Hall–Kier alpha value is -3.78. The van der Waals surface area contributed by atoms with Gasteiger partial charge in [0, 0.05) is 44.7 Å². The Morgan fingerprint density at radius 1 is 1.11 bits per heavy atom. The Morgan fingerprint density at radius 3 is 2.68 bits per heavy atom. The molecule has 0 spiro atoms. The molecule has 1 saturated carbocycles. The molecule has 1 aliphatic heterocycles. The minimum Gasteiger partial charge on any atom is -0.478 e. The molecule has 2 aromatic heterocycles. The smallest absolute Gasteiger partial charge is 0.339 e. The van der Waals surface area contributed by atoms with Gasteiger partial charge < -0.3 is 5.11 Å². The van der Waals surface area contributed by atoms with Crippen LogP contribution in [0.15, 0.2) is 60.9 Å². The van der Waals surface area contributed by atoms with E-state index in [9.17, 15) is 9.90 Å². The van der Waals surface area contributed by atoms with Crippen molar-refractivity contribution in [2.75, 3.05) is 6.54 Å². The Kier molecular flexibility index (Phi) is 5.71. The second-order valence-corrected chi connectivity index (χ2v) is 11.4. The van der Waals surface area contributed by atoms with E-state index in [0.29, 0.717) is 0 Å². The van der Waals surface area contributed by atoms with Gasteiger partial charge in [-0.25, -0.2) is 9.48 Å². The van der Waals surface area contributed by atoms with Crippen LogP contribution in [0.4, 0.5) is 0 Å². The number of hydrogen-bond donors (Lipinski definition) is 1. The van der Waals surface area contributed by atoms with Crippen LogP contribution in [0.3, 0.4) is 0 Å². The number of aromatic nitrogens is 5. The molecule has 190 valence electrons. The molecule has 1 fully saturated rings. The first-order chi connectivity index (χ1) is 17.8. The molecular weight excluding hydrogens is 464 g/mol. The first kappa shape index (κ1) is 23.6. The fourth-order valence-corrected chi connectivity index (χ4v) is 5.96. The van der Waals surface area contributed by atoms with Gasteiger partial charge in [0.15, 0.2) is 0 Å². The number of aromatic carboxylic acids is 1. The van der Waals surface area contributed by atoms with Crippen LogP contribution < -0.4 is 0 Å². The maximum atomic E-state index is 12.1. The SMILES string of the molecule is Cn1cc([C@@H]2C[C@H]2c2c(C(=O)O)cnn2-c2cccc(CN3Cc4ccccc4CC(C)(C)C3)c2)nn1. The number of rotatable bonds is 6. The molecular formula is C29H32N6O2. The maximum Gasteiger partial charge on any atom is 0.339 e. The lowest BCUT2D eigenvalue weighted by Crippen LogP contribution is -2.32. The van der Waals surface area contributed by atoms with Crippen molar-refractivity contribution in [3.63, 3.8) is 0 Å². The molecule has 1 aliphatic carbocycles. The van der Waals surface area contributed by atoms with Crippen LogP contribution in [-0.4, -0.2) is 47.3 Å². The number of fused-ring (bicyclic) bond motifs is 1. The quantitative estimate of drug-likeness (QED) is 0.421. The van der Waals surface area contributed by atoms with E-state index in [4.69, 9.17) is 0 Å². The molecule has 0 saturated heterocycles. The molecule has 2 aromatic carbocycles. The fourth-order valence-electron chi connectivity index (χ4n) is 5.96. The zero-order valence-electron chi connectivity index (χ0n) is 21.5. The van der Waals surface area contributed by atoms with Crippen molar-refractivity contribution in [3.8, 4) is 5.69 Å². The van der Waals surface area contributed by atoms with Gasteiger partial charge in [0.25, 0.3) is 0 Å². The molecule has 2 atom stereocenters. The topological polar surface area (TPSA) is 89.1 Å². The van der Waals surface area contributed by atoms with E-state index in [1.807, 2.05) is 30.1 Å². The van der Waals surface area contributed by atoms with Gasteiger partial charge in [0.1, 0.15) is 5.56 Å². The summed E-state index contributed by atoms with van der Waals surface area (Å²) in [5, 5.41) is 22.7. The van der Waals surface area contributed by atoms with E-state index in [1.54, 1.807) is 4.68 Å². The molecule has 4 aromatic rings. The Morgan fingerprint density at radius 2 is 1.92 bits per heavy atom. The Labute approximate surface area is 216 Å². The van der Waals surface area contributed by atoms with Crippen LogP contribution in [0.25, 0.3) is 5.69 Å². The van der Waals surface area contributed by atoms with Crippen molar-refractivity contribution in [3.05, 3.63) is 94.6 Å². The molecule has 0 bridgehead atoms. The first-order valence-electron chi connectivity index (χ1n) is 12.8. The minimum absolute atomic E-state index is 0.0527. The second kappa shape index (κ2) is 8.95. The van der Waals surface area contributed by atoms with E-state index in [-0.39, 0.29) is 22.8 Å². The fraction of sp³-hybridized carbons (Fsp3) is 0.379. The van der Waals surface area contributed by atoms with Gasteiger partial charge in [0.05, 0.1) is 23.3 Å². The van der Waals surface area contributed by atoms with Gasteiger partial charge in [-0.05, 0) is 47.1 Å². The minimum atomic E-state index is -0.951. The summed E-state index contributed by atoms with van der Waals surface area (Å²) in [6.07, 6.45) is 5.30. The van der Waals surface area contributed by atoms with E-state index in [0.717, 1.165) is 49.6 Å². The zero-order chi connectivity index (χ0) is 25.7. The Bertz CT molecular complexity index is 1470. The average molecular weight is 497 g/mol. The Balaban J connectivity index is 1.29. The van der Waals surface area contributed by atoms with Gasteiger partial charge in [-0.15, -0.1) is 5.10 Å². The summed E-state index contributed by atoms with van der Waals surface area (Å²) in [6.45, 7) is 7.42. The highest BCUT2D eigenvalue weighted by molar-refractivity contribution is 5.89. The number of aryl methyl sites for hydroxylation is 1. The molecule has 8 nitrogen and oxygen atoms in total. The summed E-state index contributed by atoms with van der Waals surface area (Å²) in [7, 11) is 1.84. The summed E-state index contributed by atoms with van der Waals surface area (Å²) in [5.41, 5.74) is 6.98. The van der Waals surface area contributed by atoms with Crippen LogP contribution >= 0.6 is 0 Å². The van der Waals surface area contributed by atoms with Crippen LogP contribution in [0.5, 0.6) is 0 Å². The molecule has 0 radical (unpaired) electrons. The van der Waals surface area contributed by atoms with Crippen molar-refractivity contribution in [1.29, 1.82) is 0 Å². The molecule has 1 N–H and O–H groups in total. The molecule has 0 unspecified atom stereocenters. The lowest BCUT2D eigenvalue weighted by molar-refractivity contribution is 0.0695. The molecule has 3 heterocycles. The van der Waals surface area contributed by atoms with Crippen molar-refractivity contribution in [1.82, 2.24) is 29.7 Å². The first-order valence-corrected chi connectivity index (χ1v) is 12.8. The third kappa shape index (κ3) is 4.69. The molecule has 2 aliphatic rings. The number of benzene rings is 2. The zero-order valence-corrected chi connectivity index (χ0v) is 21.5. The van der Waals surface area contributed by atoms with Crippen LogP contribution in [0, 0.1) is 5.41 Å². The summed E-state index contributed by atoms with van der Waals surface area (Å²) in [5.74, 6) is -0.741. The molecule has 6 rings (SSSR count). The standard InChI is InChI=1S/C29H32N6O2/c1-29(2)13-20-8-4-5-9-21(20)16-34(18-29)15-19-7-6-10-22(11-19)35-27(25(14-30-35)28(36)37)24-12-23(24)26-17-33(3)32-31-26/h4-11,14,17,23-24H,12-13,15-16,18H2,1-3H3,(H,36,37)/t23-,24-/m1/s1. The highest BCUT2D eigenvalue weighted by atomic mass is 16.4. The van der Waals surface area contributed by atoms with E-state index in [1.165, 1.54) is 22.9 Å². The highest BCUT2D eigenvalue weighted by Crippen LogP contribution is 2.55. The van der Waals surface area contributed by atoms with E-state index in [2.05, 4.69) is 70.6 Å². The predicted octanol–water partition coefficient (Wildman–Crippen LogP) is 4.55. The predicted molar refractivity (Wildman–Crippen MR) is 140 cm³/mol. The number of carboxylic acids is 1. The van der Waals surface area contributed by atoms with Crippen LogP contribution in [-0.2, 0) is 26.6 Å². The van der Waals surface area contributed by atoms with Gasteiger partial charge in [-0.3, -0.25) is 9.58 Å². The van der Waals surface area contributed by atoms with E-state index >= 15 is 0 Å².